The fraction of sp³-hybridized carbons (Fsp3) is 0.294. The number of rotatable bonds is 6. The molecule has 0 saturated carbocycles. The van der Waals surface area contributed by atoms with Crippen LogP contribution in [-0.2, 0) is 0 Å². The Bertz CT molecular complexity index is 597. The fourth-order valence-electron chi connectivity index (χ4n) is 1.94. The van der Waals surface area contributed by atoms with Crippen LogP contribution in [0.5, 0.6) is 5.75 Å². The third kappa shape index (κ3) is 4.81. The Labute approximate surface area is 125 Å². The number of hydrogen-bond acceptors (Lipinski definition) is 3. The summed E-state index contributed by atoms with van der Waals surface area (Å²) in [4.78, 5) is 13.8. The van der Waals surface area contributed by atoms with Crippen LogP contribution in [0.4, 0.5) is 0 Å². The molecule has 0 unspecified atom stereocenters. The van der Waals surface area contributed by atoms with Crippen LogP contribution in [-0.4, -0.2) is 29.5 Å². The molecule has 0 saturated heterocycles. The van der Waals surface area contributed by atoms with Gasteiger partial charge in [0.2, 0.25) is 0 Å². The van der Waals surface area contributed by atoms with E-state index < -0.39 is 0 Å². The Hall–Kier alpha value is -2.54. The summed E-state index contributed by atoms with van der Waals surface area (Å²) < 4.78 is 0. The standard InChI is InChI=1S/C17H20N2O2/c1-4-5-6-7-13(2)12-19(3)17(21)15-10-14(11-18)8-9-16(15)20/h4,7-10,20H,1,5-6,12H2,2-3H3/b13-7+. The van der Waals surface area contributed by atoms with Crippen molar-refractivity contribution in [2.75, 3.05) is 13.6 Å². The number of aromatic hydroxyl groups is 1. The summed E-state index contributed by atoms with van der Waals surface area (Å²) in [6.45, 7) is 6.10. The zero-order valence-corrected chi connectivity index (χ0v) is 12.5. The third-order valence-corrected chi connectivity index (χ3v) is 3.05. The van der Waals surface area contributed by atoms with E-state index in [1.807, 2.05) is 19.1 Å². The lowest BCUT2D eigenvalue weighted by molar-refractivity contribution is 0.0803. The van der Waals surface area contributed by atoms with E-state index >= 15 is 0 Å². The van der Waals surface area contributed by atoms with Crippen molar-refractivity contribution in [1.82, 2.24) is 4.90 Å². The van der Waals surface area contributed by atoms with Crippen LogP contribution in [0.3, 0.4) is 0 Å². The minimum absolute atomic E-state index is 0.112. The van der Waals surface area contributed by atoms with Gasteiger partial charge in [-0.05, 0) is 38.0 Å². The van der Waals surface area contributed by atoms with Crippen LogP contribution < -0.4 is 0 Å². The topological polar surface area (TPSA) is 64.3 Å². The summed E-state index contributed by atoms with van der Waals surface area (Å²) in [6.07, 6.45) is 5.72. The van der Waals surface area contributed by atoms with Crippen LogP contribution >= 0.6 is 0 Å². The van der Waals surface area contributed by atoms with Crippen molar-refractivity contribution in [1.29, 1.82) is 5.26 Å². The molecule has 0 atom stereocenters. The number of phenolic OH excluding ortho intramolecular Hbond substituents is 1. The highest BCUT2D eigenvalue weighted by Crippen LogP contribution is 2.20. The first-order valence-corrected chi connectivity index (χ1v) is 6.74. The molecule has 0 aromatic heterocycles. The van der Waals surface area contributed by atoms with Crippen molar-refractivity contribution < 1.29 is 9.90 Å². The Kier molecular flexibility index (Phi) is 6.22. The Morgan fingerprint density at radius 2 is 2.19 bits per heavy atom. The molecule has 110 valence electrons. The van der Waals surface area contributed by atoms with Crippen molar-refractivity contribution in [3.8, 4) is 11.8 Å². The van der Waals surface area contributed by atoms with Crippen molar-refractivity contribution in [2.24, 2.45) is 0 Å². The van der Waals surface area contributed by atoms with Crippen LogP contribution in [0.2, 0.25) is 0 Å². The summed E-state index contributed by atoms with van der Waals surface area (Å²) in [5.74, 6) is -0.416. The second kappa shape index (κ2) is 7.91. The largest absolute Gasteiger partial charge is 0.507 e. The van der Waals surface area contributed by atoms with E-state index in [4.69, 9.17) is 5.26 Å². The number of hydrogen-bond donors (Lipinski definition) is 1. The van der Waals surface area contributed by atoms with Crippen LogP contribution in [0.1, 0.15) is 35.7 Å². The summed E-state index contributed by atoms with van der Waals surface area (Å²) in [7, 11) is 1.67. The van der Waals surface area contributed by atoms with Crippen LogP contribution in [0.15, 0.2) is 42.5 Å². The minimum Gasteiger partial charge on any atom is -0.507 e. The predicted octanol–water partition coefficient (Wildman–Crippen LogP) is 3.25. The van der Waals surface area contributed by atoms with Gasteiger partial charge in [-0.25, -0.2) is 0 Å². The summed E-state index contributed by atoms with van der Waals surface area (Å²) >= 11 is 0. The zero-order chi connectivity index (χ0) is 15.8. The van der Waals surface area contributed by atoms with E-state index in [1.165, 1.54) is 23.1 Å². The molecular formula is C17H20N2O2. The maximum absolute atomic E-state index is 12.3. The second-order valence-electron chi connectivity index (χ2n) is 4.92. The van der Waals surface area contributed by atoms with E-state index in [0.29, 0.717) is 12.1 Å². The van der Waals surface area contributed by atoms with Crippen LogP contribution in [0.25, 0.3) is 0 Å². The van der Waals surface area contributed by atoms with E-state index in [0.717, 1.165) is 18.4 Å². The number of amides is 1. The molecule has 0 aliphatic heterocycles. The van der Waals surface area contributed by atoms with Gasteiger partial charge in [0.1, 0.15) is 5.75 Å². The SMILES string of the molecule is C=CCC/C=C(\C)CN(C)C(=O)c1cc(C#N)ccc1O. The molecular weight excluding hydrogens is 264 g/mol. The average Bonchev–Trinajstić information content (AvgIpc) is 2.47. The molecule has 0 aliphatic carbocycles. The van der Waals surface area contributed by atoms with Crippen LogP contribution in [0, 0.1) is 11.3 Å². The molecule has 4 nitrogen and oxygen atoms in total. The first kappa shape index (κ1) is 16.5. The average molecular weight is 284 g/mol. The number of benzene rings is 1. The molecule has 1 N–H and O–H groups in total. The maximum Gasteiger partial charge on any atom is 0.257 e. The smallest absolute Gasteiger partial charge is 0.257 e. The monoisotopic (exact) mass is 284 g/mol. The number of carbonyl (C=O) groups is 1. The van der Waals surface area contributed by atoms with E-state index in [1.54, 1.807) is 7.05 Å². The van der Waals surface area contributed by atoms with Gasteiger partial charge in [0.05, 0.1) is 17.2 Å². The Morgan fingerprint density at radius 3 is 2.81 bits per heavy atom. The number of carbonyl (C=O) groups excluding carboxylic acids is 1. The number of unbranched alkanes of at least 4 members (excludes halogenated alkanes) is 1. The van der Waals surface area contributed by atoms with Crippen molar-refractivity contribution in [3.05, 3.63) is 53.6 Å². The van der Waals surface area contributed by atoms with Gasteiger partial charge in [0.15, 0.2) is 0 Å². The molecule has 0 aliphatic rings. The van der Waals surface area contributed by atoms with E-state index in [2.05, 4.69) is 12.7 Å². The molecule has 0 heterocycles. The Morgan fingerprint density at radius 1 is 1.48 bits per heavy atom. The number of phenols is 1. The second-order valence-corrected chi connectivity index (χ2v) is 4.92. The molecule has 1 aromatic rings. The normalized spacial score (nSPS) is 10.8. The highest BCUT2D eigenvalue weighted by molar-refractivity contribution is 5.97. The minimum atomic E-state index is -0.305. The first-order chi connectivity index (χ1) is 9.99. The van der Waals surface area contributed by atoms with Gasteiger partial charge in [-0.15, -0.1) is 6.58 Å². The number of likely N-dealkylation sites (N-methyl/N-ethyl adjacent to an activating group) is 1. The summed E-state index contributed by atoms with van der Waals surface area (Å²) in [6, 6.07) is 6.21. The molecule has 1 aromatic carbocycles. The van der Waals surface area contributed by atoms with Gasteiger partial charge < -0.3 is 10.0 Å². The molecule has 21 heavy (non-hydrogen) atoms. The predicted molar refractivity (Wildman–Crippen MR) is 83.0 cm³/mol. The molecule has 4 heteroatoms. The fourth-order valence-corrected chi connectivity index (χ4v) is 1.94. The Balaban J connectivity index is 2.81. The summed E-state index contributed by atoms with van der Waals surface area (Å²) in [5, 5.41) is 18.6. The quantitative estimate of drug-likeness (QED) is 0.644. The number of nitrogens with zero attached hydrogens (tertiary/aromatic N) is 2. The van der Waals surface area contributed by atoms with Gasteiger partial charge in [-0.2, -0.15) is 5.26 Å². The van der Waals surface area contributed by atoms with Crippen molar-refractivity contribution >= 4 is 5.91 Å². The molecule has 0 radical (unpaired) electrons. The summed E-state index contributed by atoms with van der Waals surface area (Å²) in [5.41, 5.74) is 1.57. The van der Waals surface area contributed by atoms with Gasteiger partial charge >= 0.3 is 0 Å². The molecule has 1 rings (SSSR count). The third-order valence-electron chi connectivity index (χ3n) is 3.05. The van der Waals surface area contributed by atoms with Crippen molar-refractivity contribution in [2.45, 2.75) is 19.8 Å². The first-order valence-electron chi connectivity index (χ1n) is 6.74. The van der Waals surface area contributed by atoms with Gasteiger partial charge in [-0.1, -0.05) is 17.7 Å². The zero-order valence-electron chi connectivity index (χ0n) is 12.5. The molecule has 0 fully saturated rings. The number of nitriles is 1. The molecule has 1 amide bonds. The van der Waals surface area contributed by atoms with Gasteiger partial charge in [0.25, 0.3) is 5.91 Å². The highest BCUT2D eigenvalue weighted by atomic mass is 16.3. The van der Waals surface area contributed by atoms with Crippen molar-refractivity contribution in [3.63, 3.8) is 0 Å². The van der Waals surface area contributed by atoms with Gasteiger partial charge in [0, 0.05) is 13.6 Å². The lowest BCUT2D eigenvalue weighted by Gasteiger charge is -2.18. The lowest BCUT2D eigenvalue weighted by Crippen LogP contribution is -2.28. The maximum atomic E-state index is 12.3. The highest BCUT2D eigenvalue weighted by Gasteiger charge is 2.16. The van der Waals surface area contributed by atoms with E-state index in [-0.39, 0.29) is 17.2 Å². The van der Waals surface area contributed by atoms with Gasteiger partial charge in [-0.3, -0.25) is 4.79 Å². The number of allylic oxidation sites excluding steroid dienone is 2. The van der Waals surface area contributed by atoms with E-state index in [9.17, 15) is 9.90 Å². The molecule has 0 spiro atoms. The lowest BCUT2D eigenvalue weighted by atomic mass is 10.1. The molecule has 0 bridgehead atoms.